The van der Waals surface area contributed by atoms with E-state index in [-0.39, 0.29) is 0 Å². The Labute approximate surface area is 114 Å². The zero-order valence-corrected chi connectivity index (χ0v) is 12.5. The topological polar surface area (TPSA) is 38.2 Å². The molecule has 1 aromatic heterocycles. The van der Waals surface area contributed by atoms with E-state index in [0.717, 1.165) is 12.2 Å². The van der Waals surface area contributed by atoms with Gasteiger partial charge in [0.25, 0.3) is 0 Å². The number of methoxy groups -OCH3 is 1. The van der Waals surface area contributed by atoms with E-state index in [1.54, 1.807) is 13.2 Å². The molecule has 1 aromatic rings. The lowest BCUT2D eigenvalue weighted by Crippen LogP contribution is -2.31. The summed E-state index contributed by atoms with van der Waals surface area (Å²) < 4.78 is 5.04. The molecular weight excluding hydrogens is 250 g/mol. The first-order valence-electron chi connectivity index (χ1n) is 6.19. The summed E-state index contributed by atoms with van der Waals surface area (Å²) in [6.45, 7) is 6.99. The largest absolute Gasteiger partial charge is 0.377 e. The van der Waals surface area contributed by atoms with E-state index in [2.05, 4.69) is 35.6 Å². The average molecular weight is 272 g/mol. The van der Waals surface area contributed by atoms with Crippen LogP contribution in [0.15, 0.2) is 6.07 Å². The number of halogens is 1. The Balaban J connectivity index is 2.87. The molecule has 0 aliphatic carbocycles. The van der Waals surface area contributed by atoms with Crippen molar-refractivity contribution in [2.45, 2.75) is 39.8 Å². The fraction of sp³-hybridized carbons (Fsp3) is 0.692. The molecular formula is C13H22ClN3O. The van der Waals surface area contributed by atoms with Gasteiger partial charge < -0.3 is 9.64 Å². The second-order valence-electron chi connectivity index (χ2n) is 4.99. The van der Waals surface area contributed by atoms with Crippen molar-refractivity contribution in [2.75, 3.05) is 19.1 Å². The summed E-state index contributed by atoms with van der Waals surface area (Å²) in [7, 11) is 3.65. The lowest BCUT2D eigenvalue weighted by Gasteiger charge is -2.27. The van der Waals surface area contributed by atoms with Crippen molar-refractivity contribution >= 4 is 17.4 Å². The van der Waals surface area contributed by atoms with Gasteiger partial charge in [0, 0.05) is 26.3 Å². The lowest BCUT2D eigenvalue weighted by molar-refractivity contribution is 0.178. The standard InChI is InChI=1S/C13H22ClN3O/c1-9(2)6-10(3)17(4)13-7-11(14)15-12(16-13)8-18-5/h7,9-10H,6,8H2,1-5H3. The van der Waals surface area contributed by atoms with Crippen molar-refractivity contribution in [3.63, 3.8) is 0 Å². The highest BCUT2D eigenvalue weighted by Crippen LogP contribution is 2.20. The van der Waals surface area contributed by atoms with E-state index in [1.807, 2.05) is 7.05 Å². The fourth-order valence-electron chi connectivity index (χ4n) is 1.89. The predicted molar refractivity (Wildman–Crippen MR) is 75.1 cm³/mol. The smallest absolute Gasteiger partial charge is 0.158 e. The van der Waals surface area contributed by atoms with Crippen molar-refractivity contribution in [1.29, 1.82) is 0 Å². The number of ether oxygens (including phenoxy) is 1. The zero-order valence-electron chi connectivity index (χ0n) is 11.8. The number of nitrogens with zero attached hydrogens (tertiary/aromatic N) is 3. The van der Waals surface area contributed by atoms with Crippen LogP contribution in [0.5, 0.6) is 0 Å². The summed E-state index contributed by atoms with van der Waals surface area (Å²) in [6.07, 6.45) is 1.11. The van der Waals surface area contributed by atoms with Crippen LogP contribution in [-0.2, 0) is 11.3 Å². The summed E-state index contributed by atoms with van der Waals surface area (Å²) in [5.41, 5.74) is 0. The summed E-state index contributed by atoms with van der Waals surface area (Å²) >= 11 is 6.01. The molecule has 0 aromatic carbocycles. The van der Waals surface area contributed by atoms with Crippen LogP contribution in [0, 0.1) is 5.92 Å². The average Bonchev–Trinajstić information content (AvgIpc) is 2.26. The minimum atomic E-state index is 0.375. The maximum atomic E-state index is 6.01. The normalized spacial score (nSPS) is 12.8. The molecule has 0 bridgehead atoms. The van der Waals surface area contributed by atoms with E-state index in [4.69, 9.17) is 16.3 Å². The molecule has 0 fully saturated rings. The molecule has 4 nitrogen and oxygen atoms in total. The highest BCUT2D eigenvalue weighted by Gasteiger charge is 2.14. The lowest BCUT2D eigenvalue weighted by atomic mass is 10.0. The third kappa shape index (κ3) is 4.42. The van der Waals surface area contributed by atoms with Crippen molar-refractivity contribution in [1.82, 2.24) is 9.97 Å². The Morgan fingerprint density at radius 2 is 2.00 bits per heavy atom. The van der Waals surface area contributed by atoms with Crippen LogP contribution in [0.4, 0.5) is 5.82 Å². The molecule has 0 amide bonds. The zero-order chi connectivity index (χ0) is 13.7. The van der Waals surface area contributed by atoms with Gasteiger partial charge >= 0.3 is 0 Å². The van der Waals surface area contributed by atoms with E-state index in [0.29, 0.717) is 29.5 Å². The predicted octanol–water partition coefficient (Wildman–Crippen LogP) is 3.15. The number of hydrogen-bond donors (Lipinski definition) is 0. The Kier molecular flexibility index (Phi) is 5.82. The van der Waals surface area contributed by atoms with E-state index in [1.165, 1.54) is 0 Å². The van der Waals surface area contributed by atoms with Crippen molar-refractivity contribution in [3.8, 4) is 0 Å². The van der Waals surface area contributed by atoms with Gasteiger partial charge in [-0.15, -0.1) is 0 Å². The summed E-state index contributed by atoms with van der Waals surface area (Å²) in [5, 5.41) is 0.454. The molecule has 0 spiro atoms. The van der Waals surface area contributed by atoms with Gasteiger partial charge in [-0.1, -0.05) is 25.4 Å². The molecule has 5 heteroatoms. The van der Waals surface area contributed by atoms with Crippen LogP contribution in [0.1, 0.15) is 33.0 Å². The van der Waals surface area contributed by atoms with E-state index >= 15 is 0 Å². The van der Waals surface area contributed by atoms with Crippen LogP contribution >= 0.6 is 11.6 Å². The summed E-state index contributed by atoms with van der Waals surface area (Å²) in [4.78, 5) is 10.7. The van der Waals surface area contributed by atoms with E-state index < -0.39 is 0 Å². The number of hydrogen-bond acceptors (Lipinski definition) is 4. The molecule has 1 atom stereocenters. The third-order valence-corrected chi connectivity index (χ3v) is 3.03. The molecule has 1 heterocycles. The maximum absolute atomic E-state index is 6.01. The quantitative estimate of drug-likeness (QED) is 0.745. The van der Waals surface area contributed by atoms with Crippen molar-refractivity contribution < 1.29 is 4.74 Å². The highest BCUT2D eigenvalue weighted by molar-refractivity contribution is 6.29. The minimum Gasteiger partial charge on any atom is -0.377 e. The van der Waals surface area contributed by atoms with Gasteiger partial charge in [0.1, 0.15) is 17.6 Å². The summed E-state index contributed by atoms with van der Waals surface area (Å²) in [5.74, 6) is 2.11. The van der Waals surface area contributed by atoms with Gasteiger partial charge in [-0.25, -0.2) is 9.97 Å². The van der Waals surface area contributed by atoms with Gasteiger partial charge in [0.05, 0.1) is 0 Å². The van der Waals surface area contributed by atoms with Crippen LogP contribution in [0.3, 0.4) is 0 Å². The van der Waals surface area contributed by atoms with Crippen molar-refractivity contribution in [2.24, 2.45) is 5.92 Å². The highest BCUT2D eigenvalue weighted by atomic mass is 35.5. The van der Waals surface area contributed by atoms with Gasteiger partial charge in [-0.3, -0.25) is 0 Å². The summed E-state index contributed by atoms with van der Waals surface area (Å²) in [6, 6.07) is 2.20. The molecule has 0 saturated carbocycles. The molecule has 0 saturated heterocycles. The molecule has 0 radical (unpaired) electrons. The molecule has 1 rings (SSSR count). The second kappa shape index (κ2) is 6.90. The van der Waals surface area contributed by atoms with Crippen molar-refractivity contribution in [3.05, 3.63) is 17.0 Å². The van der Waals surface area contributed by atoms with Crippen LogP contribution in [0.25, 0.3) is 0 Å². The fourth-order valence-corrected chi connectivity index (χ4v) is 2.09. The van der Waals surface area contributed by atoms with Gasteiger partial charge in [0.15, 0.2) is 5.82 Å². The first-order valence-corrected chi connectivity index (χ1v) is 6.57. The Morgan fingerprint density at radius 3 is 2.56 bits per heavy atom. The van der Waals surface area contributed by atoms with Gasteiger partial charge in [-0.05, 0) is 19.3 Å². The first-order chi connectivity index (χ1) is 8.43. The third-order valence-electron chi connectivity index (χ3n) is 2.84. The molecule has 0 aliphatic heterocycles. The molecule has 0 N–H and O–H groups in total. The minimum absolute atomic E-state index is 0.375. The Hall–Kier alpha value is -0.870. The van der Waals surface area contributed by atoms with Crippen LogP contribution < -0.4 is 4.90 Å². The van der Waals surface area contributed by atoms with E-state index in [9.17, 15) is 0 Å². The monoisotopic (exact) mass is 271 g/mol. The Morgan fingerprint density at radius 1 is 1.33 bits per heavy atom. The second-order valence-corrected chi connectivity index (χ2v) is 5.37. The molecule has 18 heavy (non-hydrogen) atoms. The number of rotatable bonds is 6. The maximum Gasteiger partial charge on any atom is 0.158 e. The van der Waals surface area contributed by atoms with Gasteiger partial charge in [0.2, 0.25) is 0 Å². The molecule has 102 valence electrons. The molecule has 1 unspecified atom stereocenters. The first kappa shape index (κ1) is 15.2. The Bertz CT molecular complexity index is 384. The van der Waals surface area contributed by atoms with Gasteiger partial charge in [-0.2, -0.15) is 0 Å². The van der Waals surface area contributed by atoms with Crippen LogP contribution in [-0.4, -0.2) is 30.2 Å². The SMILES string of the molecule is COCc1nc(Cl)cc(N(C)C(C)CC(C)C)n1. The van der Waals surface area contributed by atoms with Crippen LogP contribution in [0.2, 0.25) is 5.15 Å². The number of anilines is 1. The number of aromatic nitrogens is 2. The molecule has 0 aliphatic rings.